The van der Waals surface area contributed by atoms with E-state index in [1.54, 1.807) is 0 Å². The molecule has 1 saturated carbocycles. The molecule has 0 heterocycles. The molecule has 0 radical (unpaired) electrons. The Labute approximate surface area is 111 Å². The summed E-state index contributed by atoms with van der Waals surface area (Å²) in [6.45, 7) is 8.59. The fourth-order valence-electron chi connectivity index (χ4n) is 2.44. The van der Waals surface area contributed by atoms with Gasteiger partial charge < -0.3 is 0 Å². The maximum Gasteiger partial charge on any atom is 0.136 e. The van der Waals surface area contributed by atoms with Crippen LogP contribution in [0.5, 0.6) is 0 Å². The molecule has 1 unspecified atom stereocenters. The molecular formula is C15H28OS. The van der Waals surface area contributed by atoms with Gasteiger partial charge >= 0.3 is 0 Å². The lowest BCUT2D eigenvalue weighted by atomic mass is 9.95. The second kappa shape index (κ2) is 7.45. The Bertz CT molecular complexity index is 229. The van der Waals surface area contributed by atoms with Gasteiger partial charge in [0.1, 0.15) is 5.78 Å². The van der Waals surface area contributed by atoms with E-state index in [2.05, 4.69) is 25.6 Å². The topological polar surface area (TPSA) is 17.1 Å². The lowest BCUT2D eigenvalue weighted by molar-refractivity contribution is -0.122. The van der Waals surface area contributed by atoms with E-state index in [0.717, 1.165) is 18.3 Å². The third-order valence-corrected chi connectivity index (χ3v) is 5.45. The standard InChI is InChI=1S/C15H28OS/c1-11(2)10-17-15(9-14(16)12(3)4)13-7-5-6-8-13/h11-13,15H,5-10H2,1-4H3. The number of carbonyl (C=O) groups is 1. The molecule has 2 heteroatoms. The summed E-state index contributed by atoms with van der Waals surface area (Å²) >= 11 is 2.05. The molecule has 0 amide bonds. The molecule has 100 valence electrons. The van der Waals surface area contributed by atoms with E-state index >= 15 is 0 Å². The molecule has 0 aromatic carbocycles. The van der Waals surface area contributed by atoms with Crippen molar-refractivity contribution in [3.8, 4) is 0 Å². The number of Topliss-reactive ketones (excluding diaryl/α,β-unsaturated/α-hetero) is 1. The zero-order valence-electron chi connectivity index (χ0n) is 11.9. The highest BCUT2D eigenvalue weighted by Gasteiger charge is 2.27. The van der Waals surface area contributed by atoms with Crippen molar-refractivity contribution >= 4 is 17.5 Å². The highest BCUT2D eigenvalue weighted by molar-refractivity contribution is 7.99. The minimum Gasteiger partial charge on any atom is -0.299 e. The molecule has 1 aliphatic rings. The molecule has 0 spiro atoms. The van der Waals surface area contributed by atoms with Gasteiger partial charge in [-0.3, -0.25) is 4.79 Å². The van der Waals surface area contributed by atoms with Crippen LogP contribution in [0.3, 0.4) is 0 Å². The van der Waals surface area contributed by atoms with Crippen molar-refractivity contribution in [2.24, 2.45) is 17.8 Å². The summed E-state index contributed by atoms with van der Waals surface area (Å²) in [6, 6.07) is 0. The van der Waals surface area contributed by atoms with Gasteiger partial charge in [0.15, 0.2) is 0 Å². The minimum atomic E-state index is 0.207. The molecule has 17 heavy (non-hydrogen) atoms. The Balaban J connectivity index is 2.48. The number of carbonyl (C=O) groups excluding carboxylic acids is 1. The minimum absolute atomic E-state index is 0.207. The summed E-state index contributed by atoms with van der Waals surface area (Å²) in [5, 5.41) is 0.592. The lowest BCUT2D eigenvalue weighted by Gasteiger charge is -2.24. The van der Waals surface area contributed by atoms with Gasteiger partial charge in [-0.25, -0.2) is 0 Å². The Morgan fingerprint density at radius 1 is 1.18 bits per heavy atom. The van der Waals surface area contributed by atoms with Gasteiger partial charge in [0, 0.05) is 17.6 Å². The van der Waals surface area contributed by atoms with Crippen molar-refractivity contribution in [1.29, 1.82) is 0 Å². The Kier molecular flexibility index (Phi) is 6.61. The SMILES string of the molecule is CC(C)CSC(CC(=O)C(C)C)C1CCCC1. The first-order valence-electron chi connectivity index (χ1n) is 7.15. The van der Waals surface area contributed by atoms with Crippen LogP contribution >= 0.6 is 11.8 Å². The van der Waals surface area contributed by atoms with E-state index in [1.165, 1.54) is 31.4 Å². The van der Waals surface area contributed by atoms with Gasteiger partial charge in [0.2, 0.25) is 0 Å². The van der Waals surface area contributed by atoms with Crippen LogP contribution < -0.4 is 0 Å². The van der Waals surface area contributed by atoms with Crippen LogP contribution in [0.1, 0.15) is 59.8 Å². The molecule has 0 aromatic heterocycles. The predicted octanol–water partition coefficient (Wildman–Crippen LogP) is 4.55. The largest absolute Gasteiger partial charge is 0.299 e. The van der Waals surface area contributed by atoms with Crippen LogP contribution in [0, 0.1) is 17.8 Å². The number of hydrogen-bond donors (Lipinski definition) is 0. The van der Waals surface area contributed by atoms with E-state index in [1.807, 2.05) is 13.8 Å². The van der Waals surface area contributed by atoms with Crippen LogP contribution in [0.2, 0.25) is 0 Å². The lowest BCUT2D eigenvalue weighted by Crippen LogP contribution is -2.22. The maximum atomic E-state index is 11.9. The Morgan fingerprint density at radius 3 is 2.24 bits per heavy atom. The van der Waals surface area contributed by atoms with E-state index in [4.69, 9.17) is 0 Å². The smallest absolute Gasteiger partial charge is 0.136 e. The normalized spacial score (nSPS) is 19.2. The first-order chi connectivity index (χ1) is 8.00. The molecule has 1 rings (SSSR count). The van der Waals surface area contributed by atoms with Crippen LogP contribution in [0.15, 0.2) is 0 Å². The van der Waals surface area contributed by atoms with Gasteiger partial charge in [-0.15, -0.1) is 0 Å². The summed E-state index contributed by atoms with van der Waals surface area (Å²) < 4.78 is 0. The summed E-state index contributed by atoms with van der Waals surface area (Å²) in [5.41, 5.74) is 0. The molecule has 0 aliphatic heterocycles. The van der Waals surface area contributed by atoms with Crippen molar-refractivity contribution in [2.75, 3.05) is 5.75 Å². The average molecular weight is 256 g/mol. The first kappa shape index (κ1) is 15.1. The third kappa shape index (κ3) is 5.46. The third-order valence-electron chi connectivity index (χ3n) is 3.62. The maximum absolute atomic E-state index is 11.9. The number of thioether (sulfide) groups is 1. The number of rotatable bonds is 7. The fraction of sp³-hybridized carbons (Fsp3) is 0.933. The van der Waals surface area contributed by atoms with Crippen LogP contribution in [0.25, 0.3) is 0 Å². The van der Waals surface area contributed by atoms with Gasteiger partial charge in [0.25, 0.3) is 0 Å². The summed E-state index contributed by atoms with van der Waals surface area (Å²) in [7, 11) is 0. The van der Waals surface area contributed by atoms with E-state index < -0.39 is 0 Å². The van der Waals surface area contributed by atoms with Crippen molar-refractivity contribution in [1.82, 2.24) is 0 Å². The van der Waals surface area contributed by atoms with Gasteiger partial charge in [0.05, 0.1) is 0 Å². The Hall–Kier alpha value is 0.0200. The molecule has 0 bridgehead atoms. The zero-order chi connectivity index (χ0) is 12.8. The molecule has 0 aromatic rings. The summed E-state index contributed by atoms with van der Waals surface area (Å²) in [4.78, 5) is 11.9. The molecule has 1 atom stereocenters. The van der Waals surface area contributed by atoms with E-state index in [-0.39, 0.29) is 5.92 Å². The monoisotopic (exact) mass is 256 g/mol. The van der Waals surface area contributed by atoms with E-state index in [0.29, 0.717) is 11.0 Å². The summed E-state index contributed by atoms with van der Waals surface area (Å²) in [5.74, 6) is 3.41. The highest BCUT2D eigenvalue weighted by Crippen LogP contribution is 2.36. The molecule has 1 aliphatic carbocycles. The van der Waals surface area contributed by atoms with E-state index in [9.17, 15) is 4.79 Å². The predicted molar refractivity (Wildman–Crippen MR) is 77.5 cm³/mol. The van der Waals surface area contributed by atoms with Gasteiger partial charge in [-0.05, 0) is 30.4 Å². The van der Waals surface area contributed by atoms with Crippen molar-refractivity contribution in [2.45, 2.75) is 65.0 Å². The first-order valence-corrected chi connectivity index (χ1v) is 8.20. The van der Waals surface area contributed by atoms with Crippen LogP contribution in [-0.4, -0.2) is 16.8 Å². The van der Waals surface area contributed by atoms with Crippen LogP contribution in [-0.2, 0) is 4.79 Å². The highest BCUT2D eigenvalue weighted by atomic mass is 32.2. The van der Waals surface area contributed by atoms with Gasteiger partial charge in [-0.1, -0.05) is 40.5 Å². The van der Waals surface area contributed by atoms with Crippen molar-refractivity contribution < 1.29 is 4.79 Å². The molecular weight excluding hydrogens is 228 g/mol. The average Bonchev–Trinajstić information content (AvgIpc) is 2.76. The summed E-state index contributed by atoms with van der Waals surface area (Å²) in [6.07, 6.45) is 6.25. The molecule has 0 N–H and O–H groups in total. The quantitative estimate of drug-likeness (QED) is 0.664. The number of hydrogen-bond acceptors (Lipinski definition) is 2. The second-order valence-electron chi connectivity index (χ2n) is 6.14. The molecule has 0 saturated heterocycles. The van der Waals surface area contributed by atoms with Crippen molar-refractivity contribution in [3.05, 3.63) is 0 Å². The Morgan fingerprint density at radius 2 is 1.76 bits per heavy atom. The van der Waals surface area contributed by atoms with Crippen molar-refractivity contribution in [3.63, 3.8) is 0 Å². The number of ketones is 1. The second-order valence-corrected chi connectivity index (χ2v) is 7.41. The van der Waals surface area contributed by atoms with Crippen LogP contribution in [0.4, 0.5) is 0 Å². The van der Waals surface area contributed by atoms with Gasteiger partial charge in [-0.2, -0.15) is 11.8 Å². The fourth-order valence-corrected chi connectivity index (χ4v) is 3.90. The molecule has 1 nitrogen and oxygen atoms in total. The zero-order valence-corrected chi connectivity index (χ0v) is 12.7. The molecule has 1 fully saturated rings.